The van der Waals surface area contributed by atoms with Crippen LogP contribution in [0.5, 0.6) is 5.75 Å². The Kier molecular flexibility index (Phi) is 5.39. The lowest BCUT2D eigenvalue weighted by atomic mass is 9.88. The van der Waals surface area contributed by atoms with Crippen molar-refractivity contribution in [3.63, 3.8) is 0 Å². The molecule has 0 atom stereocenters. The van der Waals surface area contributed by atoms with Gasteiger partial charge in [-0.3, -0.25) is 0 Å². The Morgan fingerprint density at radius 1 is 1.15 bits per heavy atom. The Morgan fingerprint density at radius 3 is 2.15 bits per heavy atom. The number of rotatable bonds is 0. The monoisotopic (exact) mass is 338 g/mol. The molecule has 1 aromatic carbocycles. The number of hydrogen-bond acceptors (Lipinski definition) is 3. The summed E-state index contributed by atoms with van der Waals surface area (Å²) in [4.78, 5) is 0. The van der Waals surface area contributed by atoms with Crippen LogP contribution in [0.4, 0.5) is 0 Å². The van der Waals surface area contributed by atoms with Gasteiger partial charge in [-0.05, 0) is 75.8 Å². The first-order chi connectivity index (χ1) is 8.91. The first-order valence-electron chi connectivity index (χ1n) is 6.33. The molecular weight excluding hydrogens is 319 g/mol. The smallest absolute Gasteiger partial charge is 0.317 e. The highest BCUT2D eigenvalue weighted by Crippen LogP contribution is 2.37. The number of aryl methyl sites for hydroxylation is 1. The van der Waals surface area contributed by atoms with E-state index in [1.807, 2.05) is 0 Å². The van der Waals surface area contributed by atoms with Gasteiger partial charge >= 0.3 is 8.26 Å². The van der Waals surface area contributed by atoms with Crippen molar-refractivity contribution in [3.8, 4) is 5.75 Å². The fourth-order valence-electron chi connectivity index (χ4n) is 2.28. The number of hydrogen-bond donors (Lipinski definition) is 0. The Bertz CT molecular complexity index is 599. The molecule has 0 unspecified atom stereocenters. The van der Waals surface area contributed by atoms with E-state index in [2.05, 4.69) is 62.0 Å². The minimum Gasteiger partial charge on any atom is -0.488 e. The average molecular weight is 339 g/mol. The van der Waals surface area contributed by atoms with Gasteiger partial charge in [-0.25, -0.2) is 0 Å². The lowest BCUT2D eigenvalue weighted by Crippen LogP contribution is -2.33. The second kappa shape index (κ2) is 6.12. The quantitative estimate of drug-likeness (QED) is 0.657. The van der Waals surface area contributed by atoms with Crippen molar-refractivity contribution in [2.45, 2.75) is 53.1 Å². The van der Waals surface area contributed by atoms with Crippen LogP contribution in [0.15, 0.2) is 6.07 Å². The zero-order valence-electron chi connectivity index (χ0n) is 12.4. The molecule has 0 radical (unpaired) electrons. The summed E-state index contributed by atoms with van der Waals surface area (Å²) in [7, 11) is 4.81. The summed E-state index contributed by atoms with van der Waals surface area (Å²) in [6, 6.07) is 2.19. The molecule has 0 saturated heterocycles. The van der Waals surface area contributed by atoms with Gasteiger partial charge in [0.2, 0.25) is 0 Å². The molecule has 0 saturated carbocycles. The molecule has 0 aromatic heterocycles. The molecule has 20 heavy (non-hydrogen) atoms. The van der Waals surface area contributed by atoms with Crippen molar-refractivity contribution < 1.29 is 13.2 Å². The van der Waals surface area contributed by atoms with Crippen molar-refractivity contribution in [2.75, 3.05) is 0 Å². The predicted octanol–water partition coefficient (Wildman–Crippen LogP) is 4.42. The van der Waals surface area contributed by atoms with E-state index in [-0.39, 0.29) is 5.60 Å². The first kappa shape index (κ1) is 17.6. The number of benzene rings is 1. The third-order valence-electron chi connectivity index (χ3n) is 3.62. The molecule has 1 aliphatic heterocycles. The van der Waals surface area contributed by atoms with E-state index in [1.54, 1.807) is 0 Å². The molecular formula is C14H20Cl2O3S. The van der Waals surface area contributed by atoms with Crippen LogP contribution in [0, 0.1) is 20.8 Å². The maximum absolute atomic E-state index is 9.16. The lowest BCUT2D eigenvalue weighted by molar-refractivity contribution is 0.0843. The molecule has 0 N–H and O–H groups in total. The second-order valence-corrected chi connectivity index (χ2v) is 9.33. The number of ether oxygens (including phenoxy) is 1. The van der Waals surface area contributed by atoms with E-state index in [9.17, 15) is 0 Å². The summed E-state index contributed by atoms with van der Waals surface area (Å²) in [5.74, 6) is 1.10. The van der Waals surface area contributed by atoms with Crippen LogP contribution in [0.3, 0.4) is 0 Å². The van der Waals surface area contributed by atoms with Crippen LogP contribution in [-0.2, 0) is 14.7 Å². The number of fused-ring (bicyclic) bond motifs is 1. The molecule has 1 heterocycles. The fourth-order valence-corrected chi connectivity index (χ4v) is 2.28. The highest BCUT2D eigenvalue weighted by atomic mass is 36.0. The summed E-state index contributed by atoms with van der Waals surface area (Å²) < 4.78 is 24.4. The molecule has 1 aromatic rings. The highest BCUT2D eigenvalue weighted by molar-refractivity contribution is 8.31. The van der Waals surface area contributed by atoms with Crippen molar-refractivity contribution in [3.05, 3.63) is 28.3 Å². The molecule has 114 valence electrons. The maximum atomic E-state index is 9.16. The molecule has 1 aliphatic rings. The molecule has 0 spiro atoms. The van der Waals surface area contributed by atoms with Gasteiger partial charge in [-0.2, -0.15) is 8.42 Å². The first-order valence-corrected chi connectivity index (χ1v) is 9.47. The molecule has 0 aliphatic carbocycles. The Labute approximate surface area is 130 Å². The summed E-state index contributed by atoms with van der Waals surface area (Å²) >= 11 is 0. The van der Waals surface area contributed by atoms with Gasteiger partial charge in [0.05, 0.1) is 0 Å². The highest BCUT2D eigenvalue weighted by Gasteiger charge is 2.28. The standard InChI is InChI=1S/C14H20O.Cl2O2S/c1-9-8-13-12(11(3)10(9)2)6-7-14(4,5)15-13;1-5(2,3)4/h8H,6-7H2,1-5H3;. The van der Waals surface area contributed by atoms with Gasteiger partial charge in [0.25, 0.3) is 0 Å². The SMILES string of the molecule is Cc1cc2c(c(C)c1C)CCC(C)(C)O2.O=S(=O)(Cl)Cl. The summed E-state index contributed by atoms with van der Waals surface area (Å²) in [6.07, 6.45) is 2.26. The van der Waals surface area contributed by atoms with Gasteiger partial charge in [0.1, 0.15) is 11.4 Å². The second-order valence-electron chi connectivity index (χ2n) is 5.66. The van der Waals surface area contributed by atoms with Crippen molar-refractivity contribution in [1.29, 1.82) is 0 Å². The van der Waals surface area contributed by atoms with E-state index < -0.39 is 8.26 Å². The minimum atomic E-state index is -3.72. The van der Waals surface area contributed by atoms with Crippen LogP contribution in [0.1, 0.15) is 42.5 Å². The Balaban J connectivity index is 0.000000347. The van der Waals surface area contributed by atoms with E-state index in [0.29, 0.717) is 0 Å². The average Bonchev–Trinajstić information content (AvgIpc) is 2.22. The Morgan fingerprint density at radius 2 is 1.65 bits per heavy atom. The zero-order chi connectivity index (χ0) is 15.7. The molecule has 6 heteroatoms. The van der Waals surface area contributed by atoms with E-state index in [0.717, 1.165) is 18.6 Å². The van der Waals surface area contributed by atoms with Crippen LogP contribution < -0.4 is 4.74 Å². The van der Waals surface area contributed by atoms with Crippen LogP contribution in [-0.4, -0.2) is 14.0 Å². The van der Waals surface area contributed by atoms with Gasteiger partial charge < -0.3 is 4.74 Å². The largest absolute Gasteiger partial charge is 0.488 e. The van der Waals surface area contributed by atoms with Gasteiger partial charge in [-0.1, -0.05) is 0 Å². The van der Waals surface area contributed by atoms with E-state index in [4.69, 9.17) is 13.2 Å². The third-order valence-corrected chi connectivity index (χ3v) is 3.62. The topological polar surface area (TPSA) is 43.4 Å². The molecule has 0 fully saturated rings. The minimum absolute atomic E-state index is 0.00113. The van der Waals surface area contributed by atoms with Gasteiger partial charge in [0, 0.05) is 21.4 Å². The van der Waals surface area contributed by atoms with Crippen molar-refractivity contribution in [2.24, 2.45) is 0 Å². The maximum Gasteiger partial charge on any atom is 0.317 e. The lowest BCUT2D eigenvalue weighted by Gasteiger charge is -2.34. The van der Waals surface area contributed by atoms with E-state index in [1.165, 1.54) is 22.3 Å². The van der Waals surface area contributed by atoms with Crippen LogP contribution in [0.2, 0.25) is 0 Å². The Hall–Kier alpha value is -0.450. The zero-order valence-corrected chi connectivity index (χ0v) is 14.7. The van der Waals surface area contributed by atoms with Gasteiger partial charge in [0.15, 0.2) is 0 Å². The van der Waals surface area contributed by atoms with Crippen LogP contribution >= 0.6 is 21.4 Å². The van der Waals surface area contributed by atoms with Crippen molar-refractivity contribution >= 4 is 29.6 Å². The summed E-state index contributed by atoms with van der Waals surface area (Å²) in [5, 5.41) is 0. The summed E-state index contributed by atoms with van der Waals surface area (Å²) in [5.41, 5.74) is 5.58. The molecule has 0 amide bonds. The fraction of sp³-hybridized carbons (Fsp3) is 0.571. The predicted molar refractivity (Wildman–Crippen MR) is 84.3 cm³/mol. The van der Waals surface area contributed by atoms with E-state index >= 15 is 0 Å². The normalized spacial score (nSPS) is 16.6. The molecule has 3 nitrogen and oxygen atoms in total. The van der Waals surface area contributed by atoms with Gasteiger partial charge in [-0.15, -0.1) is 0 Å². The van der Waals surface area contributed by atoms with Crippen molar-refractivity contribution in [1.82, 2.24) is 0 Å². The summed E-state index contributed by atoms with van der Waals surface area (Å²) in [6.45, 7) is 10.9. The number of halogens is 2. The third kappa shape index (κ3) is 5.15. The van der Waals surface area contributed by atoms with Crippen LogP contribution in [0.25, 0.3) is 0 Å². The molecule has 0 bridgehead atoms. The molecule has 2 rings (SSSR count).